The molecular formula is C41H62BrN5O8S. The van der Waals surface area contributed by atoms with E-state index in [0.29, 0.717) is 49.3 Å². The van der Waals surface area contributed by atoms with E-state index in [1.54, 1.807) is 13.2 Å². The zero-order valence-corrected chi connectivity index (χ0v) is 36.2. The molecule has 1 saturated heterocycles. The van der Waals surface area contributed by atoms with Gasteiger partial charge in [-0.25, -0.2) is 9.79 Å². The number of primary amides is 1. The summed E-state index contributed by atoms with van der Waals surface area (Å²) in [4.78, 5) is 52.7. The Balaban J connectivity index is 0.000000288. The van der Waals surface area contributed by atoms with Gasteiger partial charge in [-0.05, 0) is 105 Å². The van der Waals surface area contributed by atoms with Crippen LogP contribution < -0.4 is 15.8 Å². The van der Waals surface area contributed by atoms with Crippen molar-refractivity contribution in [3.8, 4) is 0 Å². The van der Waals surface area contributed by atoms with Crippen LogP contribution in [-0.4, -0.2) is 98.9 Å². The van der Waals surface area contributed by atoms with Crippen LogP contribution in [0.15, 0.2) is 63.0 Å². The van der Waals surface area contributed by atoms with Crippen LogP contribution in [0.1, 0.15) is 91.4 Å². The molecule has 56 heavy (non-hydrogen) atoms. The highest BCUT2D eigenvalue weighted by Crippen LogP contribution is 2.40. The van der Waals surface area contributed by atoms with E-state index in [1.807, 2.05) is 57.2 Å². The number of aldehydes is 1. The maximum atomic E-state index is 11.8. The van der Waals surface area contributed by atoms with Crippen LogP contribution in [-0.2, 0) is 33.3 Å². The van der Waals surface area contributed by atoms with E-state index < -0.39 is 12.1 Å². The third-order valence-electron chi connectivity index (χ3n) is 9.89. The first-order valence-corrected chi connectivity index (χ1v) is 21.9. The molecule has 13 nitrogen and oxygen atoms in total. The van der Waals surface area contributed by atoms with Crippen molar-refractivity contribution < 1.29 is 38.1 Å². The van der Waals surface area contributed by atoms with E-state index in [0.717, 1.165) is 74.1 Å². The number of nitrogens with zero attached hydrogens (tertiary/aromatic N) is 2. The number of alkyl carbamates (subject to hydrolysis) is 1. The Hall–Kier alpha value is -3.56. The number of amides is 3. The van der Waals surface area contributed by atoms with Crippen molar-refractivity contribution in [2.45, 2.75) is 122 Å². The molecule has 0 aromatic carbocycles. The van der Waals surface area contributed by atoms with E-state index in [4.69, 9.17) is 24.7 Å². The molecule has 4 N–H and O–H groups in total. The molecule has 2 aliphatic heterocycles. The lowest BCUT2D eigenvalue weighted by Crippen LogP contribution is -2.37. The van der Waals surface area contributed by atoms with Gasteiger partial charge in [0.05, 0.1) is 30.3 Å². The summed E-state index contributed by atoms with van der Waals surface area (Å²) < 4.78 is 26.3. The molecule has 2 heterocycles. The van der Waals surface area contributed by atoms with E-state index in [2.05, 4.69) is 43.1 Å². The van der Waals surface area contributed by atoms with Crippen molar-refractivity contribution in [1.29, 1.82) is 0 Å². The fraction of sp³-hybridized carbons (Fsp3) is 0.634. The van der Waals surface area contributed by atoms with Crippen molar-refractivity contribution in [2.75, 3.05) is 33.6 Å². The molecule has 312 valence electrons. The van der Waals surface area contributed by atoms with Gasteiger partial charge in [0, 0.05) is 36.8 Å². The maximum Gasteiger partial charge on any atom is 0.407 e. The highest BCUT2D eigenvalue weighted by molar-refractivity contribution is 9.11. The molecule has 0 aromatic rings. The number of methoxy groups -OCH3 is 1. The molecule has 3 amide bonds. The number of rotatable bonds is 17. The number of carbonyl (C=O) groups is 4. The number of ether oxygens (including phenoxy) is 4. The zero-order chi connectivity index (χ0) is 41.0. The molecule has 2 bridgehead atoms. The van der Waals surface area contributed by atoms with Gasteiger partial charge < -0.3 is 39.5 Å². The van der Waals surface area contributed by atoms with Crippen LogP contribution in [0.3, 0.4) is 0 Å². The van der Waals surface area contributed by atoms with Crippen molar-refractivity contribution in [1.82, 2.24) is 14.9 Å². The number of nitrogens with two attached hydrogens (primary N) is 1. The van der Waals surface area contributed by atoms with Gasteiger partial charge in [-0.15, -0.1) is 0 Å². The predicted octanol–water partition coefficient (Wildman–Crippen LogP) is 6.80. The summed E-state index contributed by atoms with van der Waals surface area (Å²) in [5.74, 6) is 2.19. The second-order valence-corrected chi connectivity index (χ2v) is 15.5. The number of fused-ring (bicyclic) bond motifs is 1. The number of hydrogen-bond donors (Lipinski definition) is 3. The summed E-state index contributed by atoms with van der Waals surface area (Å²) >= 11 is 4.93. The minimum absolute atomic E-state index is 0.0157. The highest BCUT2D eigenvalue weighted by Gasteiger charge is 2.41. The van der Waals surface area contributed by atoms with Gasteiger partial charge in [0.15, 0.2) is 0 Å². The standard InChI is InChI=1S/C20H32N2O4S.C19H24BrN3O4.C2H6/c1-27-22-19(24)18-13-15(18)9-5-3-2-4-6-10-16(14-23)21-20(25)26-17-11-7-8-12-17;1-4-26-17-9-16(27-12-8-14(19(21)24)23(2)10-12)11-5-6-15(25-3)18(20)13(7-11)22-17;1-2/h5,9,14-18H,2-4,6-8,10-13H2,1H3,(H,21,25)(H,22,24);5-7,9,12-14H,4,8,10H2,1-3H3,(H2,21,24);1-2H3/b9-5-;;/t15?,16-,18?;12-,13?,14?;/m01./s1. The average molecular weight is 865 g/mol. The maximum absolute atomic E-state index is 11.8. The Labute approximate surface area is 345 Å². The summed E-state index contributed by atoms with van der Waals surface area (Å²) in [5.41, 5.74) is 6.36. The van der Waals surface area contributed by atoms with Crippen molar-refractivity contribution in [3.63, 3.8) is 0 Å². The minimum atomic E-state index is -0.466. The summed E-state index contributed by atoms with van der Waals surface area (Å²) in [6.45, 7) is 7.03. The quantitative estimate of drug-likeness (QED) is 0.0612. The Kier molecular flexibility index (Phi) is 20.9. The molecule has 0 spiro atoms. The van der Waals surface area contributed by atoms with Gasteiger partial charge in [-0.2, -0.15) is 0 Å². The van der Waals surface area contributed by atoms with Crippen molar-refractivity contribution >= 4 is 58.0 Å². The van der Waals surface area contributed by atoms with Gasteiger partial charge >= 0.3 is 6.09 Å². The number of halogens is 1. The molecular weight excluding hydrogens is 802 g/mol. The minimum Gasteiger partial charge on any atom is -0.496 e. The first kappa shape index (κ1) is 46.8. The van der Waals surface area contributed by atoms with Gasteiger partial charge in [-0.1, -0.05) is 50.8 Å². The molecule has 15 heteroatoms. The Morgan fingerprint density at radius 3 is 2.52 bits per heavy atom. The topological polar surface area (TPSA) is 171 Å². The summed E-state index contributed by atoms with van der Waals surface area (Å²) in [7, 11) is 3.49. The number of unbranched alkanes of at least 4 members (excludes halogenated alkanes) is 3. The largest absolute Gasteiger partial charge is 0.496 e. The molecule has 4 unspecified atom stereocenters. The van der Waals surface area contributed by atoms with Gasteiger partial charge in [-0.3, -0.25) is 14.5 Å². The average Bonchev–Trinajstić information content (AvgIpc) is 3.72. The summed E-state index contributed by atoms with van der Waals surface area (Å²) in [6, 6.07) is -1.05. The Morgan fingerprint density at radius 2 is 1.88 bits per heavy atom. The third-order valence-corrected chi connectivity index (χ3v) is 11.2. The highest BCUT2D eigenvalue weighted by atomic mass is 79.9. The molecule has 0 aromatic heterocycles. The summed E-state index contributed by atoms with van der Waals surface area (Å²) in [6.07, 6.45) is 24.1. The molecule has 5 aliphatic rings. The molecule has 3 aliphatic carbocycles. The van der Waals surface area contributed by atoms with Crippen LogP contribution in [0.4, 0.5) is 4.79 Å². The van der Waals surface area contributed by atoms with E-state index in [9.17, 15) is 19.2 Å². The van der Waals surface area contributed by atoms with Crippen LogP contribution >= 0.6 is 27.9 Å². The fourth-order valence-corrected chi connectivity index (χ4v) is 7.74. The van der Waals surface area contributed by atoms with Crippen LogP contribution in [0.2, 0.25) is 0 Å². The van der Waals surface area contributed by atoms with Crippen LogP contribution in [0, 0.1) is 11.8 Å². The lowest BCUT2D eigenvalue weighted by molar-refractivity contribution is -0.122. The van der Waals surface area contributed by atoms with Crippen LogP contribution in [0.5, 0.6) is 0 Å². The first-order valence-electron chi connectivity index (χ1n) is 19.9. The number of hydrogen-bond acceptors (Lipinski definition) is 11. The van der Waals surface area contributed by atoms with Gasteiger partial charge in [0.2, 0.25) is 17.7 Å². The molecule has 0 radical (unpaired) electrons. The predicted molar refractivity (Wildman–Crippen MR) is 225 cm³/mol. The SMILES string of the molecule is CC.CCOC1=NC2C=C(C=CC(OC)=C2Br)C(O[C@@H]2CC(C(N)=O)N(C)C2)=C1.CSNC(=O)C1CC1/C=C\CCCCC[C@@H](C=O)NC(=O)OC1CCCC1. The van der Waals surface area contributed by atoms with E-state index in [-0.39, 0.29) is 42.0 Å². The second-order valence-electron chi connectivity index (χ2n) is 14.0. The smallest absolute Gasteiger partial charge is 0.407 e. The Bertz CT molecular complexity index is 1510. The van der Waals surface area contributed by atoms with Gasteiger partial charge in [0.25, 0.3) is 0 Å². The van der Waals surface area contributed by atoms with Crippen molar-refractivity contribution in [2.24, 2.45) is 22.6 Å². The molecule has 5 rings (SSSR count). The molecule has 2 saturated carbocycles. The number of likely N-dealkylation sites (tertiary alicyclic amines) is 1. The zero-order valence-electron chi connectivity index (χ0n) is 33.8. The van der Waals surface area contributed by atoms with Crippen molar-refractivity contribution in [3.05, 3.63) is 58.0 Å². The number of allylic oxidation sites excluding steroid dienone is 4. The lowest BCUT2D eigenvalue weighted by Gasteiger charge is -2.17. The fourth-order valence-electron chi connectivity index (χ4n) is 6.86. The van der Waals surface area contributed by atoms with Crippen LogP contribution in [0.25, 0.3) is 0 Å². The second kappa shape index (κ2) is 24.9. The number of carbonyl (C=O) groups excluding carboxylic acids is 4. The molecule has 3 fully saturated rings. The monoisotopic (exact) mass is 863 g/mol. The van der Waals surface area contributed by atoms with Gasteiger partial charge in [0.1, 0.15) is 36.1 Å². The summed E-state index contributed by atoms with van der Waals surface area (Å²) in [5, 5.41) is 2.66. The van der Waals surface area contributed by atoms with E-state index >= 15 is 0 Å². The molecule has 6 atom stereocenters. The third kappa shape index (κ3) is 15.1. The number of aliphatic imine (C=N–C) groups is 1. The lowest BCUT2D eigenvalue weighted by atomic mass is 10.1. The first-order chi connectivity index (χ1) is 27.1. The van der Waals surface area contributed by atoms with E-state index in [1.165, 1.54) is 11.9 Å². The number of nitrogens with one attached hydrogen (secondary N) is 2. The Morgan fingerprint density at radius 1 is 1.12 bits per heavy atom. The number of likely N-dealkylation sites (N-methyl/N-ethyl adjacent to an activating group) is 1. The normalized spacial score (nSPS) is 24.8.